The van der Waals surface area contributed by atoms with Gasteiger partial charge in [-0.2, -0.15) is 0 Å². The first kappa shape index (κ1) is 16.0. The normalized spacial score (nSPS) is 13.8. The Bertz CT molecular complexity index is 1150. The first-order valence-corrected chi connectivity index (χ1v) is 9.31. The summed E-state index contributed by atoms with van der Waals surface area (Å²) < 4.78 is 5.49. The highest BCUT2D eigenvalue weighted by molar-refractivity contribution is 6.10. The van der Waals surface area contributed by atoms with Crippen LogP contribution in [0, 0.1) is 0 Å². The van der Waals surface area contributed by atoms with E-state index in [1.54, 1.807) is 0 Å². The van der Waals surface area contributed by atoms with Gasteiger partial charge < -0.3 is 4.74 Å². The maximum Gasteiger partial charge on any atom is 0.338 e. The number of benzene rings is 3. The van der Waals surface area contributed by atoms with E-state index in [2.05, 4.69) is 17.1 Å². The van der Waals surface area contributed by atoms with Crippen molar-refractivity contribution in [3.05, 3.63) is 89.7 Å². The second kappa shape index (κ2) is 6.51. The summed E-state index contributed by atoms with van der Waals surface area (Å²) >= 11 is 0. The van der Waals surface area contributed by atoms with Gasteiger partial charge in [0.1, 0.15) is 6.61 Å². The van der Waals surface area contributed by atoms with E-state index >= 15 is 0 Å². The Kier molecular flexibility index (Phi) is 3.86. The number of carbonyl (C=O) groups is 1. The smallest absolute Gasteiger partial charge is 0.338 e. The lowest BCUT2D eigenvalue weighted by Crippen LogP contribution is -2.05. The Hall–Kier alpha value is -3.20. The highest BCUT2D eigenvalue weighted by atomic mass is 16.5. The molecule has 0 unspecified atom stereocenters. The molecule has 1 aliphatic carbocycles. The molecule has 3 nitrogen and oxygen atoms in total. The van der Waals surface area contributed by atoms with Crippen molar-refractivity contribution in [2.75, 3.05) is 0 Å². The number of hydrogen-bond donors (Lipinski definition) is 0. The number of esters is 1. The number of carbonyl (C=O) groups excluding carboxylic acids is 1. The summed E-state index contributed by atoms with van der Waals surface area (Å²) in [6.45, 7) is 0.284. The average molecular weight is 353 g/mol. The monoisotopic (exact) mass is 353 g/mol. The second-order valence-corrected chi connectivity index (χ2v) is 7.16. The third-order valence-corrected chi connectivity index (χ3v) is 5.25. The van der Waals surface area contributed by atoms with E-state index < -0.39 is 0 Å². The number of aromatic nitrogens is 1. The molecule has 0 aliphatic heterocycles. The molecule has 0 bridgehead atoms. The predicted molar refractivity (Wildman–Crippen MR) is 107 cm³/mol. The Labute approximate surface area is 157 Å². The van der Waals surface area contributed by atoms with Crippen molar-refractivity contribution < 1.29 is 9.53 Å². The van der Waals surface area contributed by atoms with Gasteiger partial charge in [0.05, 0.1) is 5.56 Å². The maximum atomic E-state index is 12.5. The van der Waals surface area contributed by atoms with Crippen LogP contribution < -0.4 is 0 Å². The van der Waals surface area contributed by atoms with E-state index in [1.807, 2.05) is 60.9 Å². The molecule has 0 spiro atoms. The summed E-state index contributed by atoms with van der Waals surface area (Å²) in [5, 5.41) is 4.63. The van der Waals surface area contributed by atoms with Gasteiger partial charge in [0.25, 0.3) is 0 Å². The molecule has 0 N–H and O–H groups in total. The lowest BCUT2D eigenvalue weighted by Gasteiger charge is -2.11. The predicted octanol–water partition coefficient (Wildman–Crippen LogP) is 5.62. The number of nitrogens with zero attached hydrogens (tertiary/aromatic N) is 1. The summed E-state index contributed by atoms with van der Waals surface area (Å²) in [7, 11) is 0. The van der Waals surface area contributed by atoms with E-state index in [9.17, 15) is 4.79 Å². The molecule has 0 amide bonds. The van der Waals surface area contributed by atoms with Gasteiger partial charge in [0.15, 0.2) is 0 Å². The Morgan fingerprint density at radius 1 is 0.963 bits per heavy atom. The number of rotatable bonds is 4. The molecule has 1 fully saturated rings. The van der Waals surface area contributed by atoms with Crippen LogP contribution in [-0.4, -0.2) is 11.0 Å². The van der Waals surface area contributed by atoms with Crippen molar-refractivity contribution in [2.45, 2.75) is 25.4 Å². The standard InChI is InChI=1S/C24H19NO2/c26-24(27-15-16-4-2-1-3-5-16)18-8-9-20-19(12-18)13-22(17-6-7-17)21-10-11-25-14-23(20)21/h1-5,8-14,17H,6-7,15H2. The van der Waals surface area contributed by atoms with Crippen molar-refractivity contribution in [1.82, 2.24) is 4.98 Å². The SMILES string of the molecule is O=C(OCc1ccccc1)c1ccc2c(c1)cc(C1CC1)c1ccncc12. The summed E-state index contributed by atoms with van der Waals surface area (Å²) in [5.41, 5.74) is 2.94. The van der Waals surface area contributed by atoms with Gasteiger partial charge in [0, 0.05) is 17.8 Å². The zero-order valence-electron chi connectivity index (χ0n) is 14.9. The van der Waals surface area contributed by atoms with Crippen molar-refractivity contribution in [2.24, 2.45) is 0 Å². The van der Waals surface area contributed by atoms with Gasteiger partial charge in [-0.25, -0.2) is 4.79 Å². The molecule has 4 aromatic rings. The largest absolute Gasteiger partial charge is 0.457 e. The van der Waals surface area contributed by atoms with E-state index in [4.69, 9.17) is 4.74 Å². The van der Waals surface area contributed by atoms with Crippen LogP contribution in [0.4, 0.5) is 0 Å². The average Bonchev–Trinajstić information content (AvgIpc) is 3.57. The zero-order valence-corrected chi connectivity index (χ0v) is 14.9. The van der Waals surface area contributed by atoms with E-state index in [1.165, 1.54) is 23.8 Å². The van der Waals surface area contributed by atoms with E-state index in [0.717, 1.165) is 21.7 Å². The highest BCUT2D eigenvalue weighted by Gasteiger charge is 2.26. The quantitative estimate of drug-likeness (QED) is 0.353. The van der Waals surface area contributed by atoms with Gasteiger partial charge in [-0.3, -0.25) is 4.98 Å². The van der Waals surface area contributed by atoms with Gasteiger partial charge in [-0.15, -0.1) is 0 Å². The van der Waals surface area contributed by atoms with Crippen molar-refractivity contribution >= 4 is 27.5 Å². The summed E-state index contributed by atoms with van der Waals surface area (Å²) in [6.07, 6.45) is 6.26. The van der Waals surface area contributed by atoms with Crippen LogP contribution in [0.25, 0.3) is 21.5 Å². The molecule has 1 saturated carbocycles. The fraction of sp³-hybridized carbons (Fsp3) is 0.167. The van der Waals surface area contributed by atoms with E-state index in [0.29, 0.717) is 11.5 Å². The molecule has 0 saturated heterocycles. The summed E-state index contributed by atoms with van der Waals surface area (Å²) in [6, 6.07) is 19.9. The number of hydrogen-bond acceptors (Lipinski definition) is 3. The van der Waals surface area contributed by atoms with Crippen molar-refractivity contribution in [3.8, 4) is 0 Å². The highest BCUT2D eigenvalue weighted by Crippen LogP contribution is 2.44. The number of pyridine rings is 1. The van der Waals surface area contributed by atoms with Crippen molar-refractivity contribution in [1.29, 1.82) is 0 Å². The van der Waals surface area contributed by atoms with Crippen LogP contribution >= 0.6 is 0 Å². The lowest BCUT2D eigenvalue weighted by atomic mass is 9.95. The molecule has 0 atom stereocenters. The molecule has 0 radical (unpaired) electrons. The fourth-order valence-corrected chi connectivity index (χ4v) is 3.70. The van der Waals surface area contributed by atoms with Crippen LogP contribution in [0.5, 0.6) is 0 Å². The van der Waals surface area contributed by atoms with Gasteiger partial charge in [0.2, 0.25) is 0 Å². The Morgan fingerprint density at radius 2 is 1.81 bits per heavy atom. The Morgan fingerprint density at radius 3 is 2.63 bits per heavy atom. The molecule has 27 heavy (non-hydrogen) atoms. The van der Waals surface area contributed by atoms with E-state index in [-0.39, 0.29) is 12.6 Å². The van der Waals surface area contributed by atoms with Crippen LogP contribution in [0.1, 0.15) is 40.2 Å². The van der Waals surface area contributed by atoms with Gasteiger partial charge in [-0.1, -0.05) is 42.5 Å². The molecule has 3 aromatic carbocycles. The third kappa shape index (κ3) is 3.06. The molecule has 3 heteroatoms. The van der Waals surface area contributed by atoms with Crippen LogP contribution in [0.3, 0.4) is 0 Å². The first-order valence-electron chi connectivity index (χ1n) is 9.31. The first-order chi connectivity index (χ1) is 13.3. The molecule has 1 aromatic heterocycles. The van der Waals surface area contributed by atoms with Crippen molar-refractivity contribution in [3.63, 3.8) is 0 Å². The van der Waals surface area contributed by atoms with Gasteiger partial charge in [-0.05, 0) is 64.2 Å². The Balaban J connectivity index is 1.51. The summed E-state index contributed by atoms with van der Waals surface area (Å²) in [4.78, 5) is 16.8. The minimum atomic E-state index is -0.292. The minimum absolute atomic E-state index is 0.284. The molecule has 1 aliphatic rings. The molecular formula is C24H19NO2. The molecule has 1 heterocycles. The topological polar surface area (TPSA) is 39.2 Å². The molecule has 5 rings (SSSR count). The second-order valence-electron chi connectivity index (χ2n) is 7.16. The zero-order chi connectivity index (χ0) is 18.2. The van der Waals surface area contributed by atoms with Crippen LogP contribution in [0.15, 0.2) is 73.1 Å². The molecule has 132 valence electrons. The number of fused-ring (bicyclic) bond motifs is 3. The van der Waals surface area contributed by atoms with Crippen LogP contribution in [-0.2, 0) is 11.3 Å². The molecular weight excluding hydrogens is 334 g/mol. The fourth-order valence-electron chi connectivity index (χ4n) is 3.70. The van der Waals surface area contributed by atoms with Crippen LogP contribution in [0.2, 0.25) is 0 Å². The minimum Gasteiger partial charge on any atom is -0.457 e. The third-order valence-electron chi connectivity index (χ3n) is 5.25. The summed E-state index contributed by atoms with van der Waals surface area (Å²) in [5.74, 6) is 0.341. The maximum absolute atomic E-state index is 12.5. The van der Waals surface area contributed by atoms with Gasteiger partial charge >= 0.3 is 5.97 Å². The lowest BCUT2D eigenvalue weighted by molar-refractivity contribution is 0.0473. The number of ether oxygens (including phenoxy) is 1.